The summed E-state index contributed by atoms with van der Waals surface area (Å²) in [4.78, 5) is 12.7. The Hall–Kier alpha value is -3.17. The van der Waals surface area contributed by atoms with Crippen LogP contribution in [0.5, 0.6) is 0 Å². The molecule has 3 heterocycles. The molecular weight excluding hydrogens is 454 g/mol. The molecule has 2 aromatic heterocycles. The Balaban J connectivity index is 1.52. The first-order valence-electron chi connectivity index (χ1n) is 11.3. The molecule has 1 aliphatic rings. The largest absolute Gasteiger partial charge is 0.467 e. The summed E-state index contributed by atoms with van der Waals surface area (Å²) in [5.41, 5.74) is 3.45. The average Bonchev–Trinajstić information content (AvgIpc) is 3.48. The lowest BCUT2D eigenvalue weighted by atomic mass is 9.99. The molecule has 1 amide bonds. The number of hydrogen-bond donors (Lipinski definition) is 1. The standard InChI is InChI=1S/C25H29N3O5S/c1-17-8-9-18(2)20(14-17)10-11-23-24(19(3)27-33-23)34(30,31)28-12-4-6-21(16-28)25(29)26-15-22-7-5-13-32-22/h5,7-11,13-14,21H,4,6,12,15-16H2,1-3H3,(H,26,29)/b11-10+/t21-/m0/s1. The quantitative estimate of drug-likeness (QED) is 0.543. The summed E-state index contributed by atoms with van der Waals surface area (Å²) in [6.45, 7) is 6.33. The molecule has 180 valence electrons. The smallest absolute Gasteiger partial charge is 0.248 e. The maximum Gasteiger partial charge on any atom is 0.248 e. The van der Waals surface area contributed by atoms with Crippen LogP contribution in [0.15, 0.2) is 50.4 Å². The highest BCUT2D eigenvalue weighted by atomic mass is 32.2. The SMILES string of the molecule is Cc1ccc(C)c(/C=C/c2onc(C)c2S(=O)(=O)N2CCC[C@H](C(=O)NCc3ccco3)C2)c1. The zero-order valence-electron chi connectivity index (χ0n) is 19.6. The number of hydrogen-bond acceptors (Lipinski definition) is 6. The van der Waals surface area contributed by atoms with E-state index in [0.29, 0.717) is 30.8 Å². The Labute approximate surface area is 199 Å². The van der Waals surface area contributed by atoms with Gasteiger partial charge >= 0.3 is 0 Å². The van der Waals surface area contributed by atoms with Crippen molar-refractivity contribution in [1.29, 1.82) is 0 Å². The Morgan fingerprint density at radius 3 is 2.82 bits per heavy atom. The summed E-state index contributed by atoms with van der Waals surface area (Å²) < 4.78 is 39.2. The fraction of sp³-hybridized carbons (Fsp3) is 0.360. The van der Waals surface area contributed by atoms with Gasteiger partial charge in [-0.1, -0.05) is 35.0 Å². The van der Waals surface area contributed by atoms with Gasteiger partial charge in [0.05, 0.1) is 18.7 Å². The van der Waals surface area contributed by atoms with Gasteiger partial charge in [-0.2, -0.15) is 4.31 Å². The van der Waals surface area contributed by atoms with Crippen LogP contribution in [0.25, 0.3) is 12.2 Å². The van der Waals surface area contributed by atoms with Crippen molar-refractivity contribution in [1.82, 2.24) is 14.8 Å². The number of benzene rings is 1. The summed E-state index contributed by atoms with van der Waals surface area (Å²) in [5.74, 6) is 0.206. The predicted molar refractivity (Wildman–Crippen MR) is 128 cm³/mol. The van der Waals surface area contributed by atoms with Crippen molar-refractivity contribution in [3.63, 3.8) is 0 Å². The van der Waals surface area contributed by atoms with E-state index in [-0.39, 0.29) is 29.7 Å². The van der Waals surface area contributed by atoms with Crippen molar-refractivity contribution in [3.8, 4) is 0 Å². The molecule has 1 N–H and O–H groups in total. The molecule has 1 saturated heterocycles. The maximum atomic E-state index is 13.6. The summed E-state index contributed by atoms with van der Waals surface area (Å²) in [7, 11) is -3.90. The van der Waals surface area contributed by atoms with Gasteiger partial charge in [-0.15, -0.1) is 0 Å². The Kier molecular flexibility index (Phi) is 7.04. The number of rotatable bonds is 7. The number of carbonyl (C=O) groups is 1. The number of nitrogens with one attached hydrogen (secondary N) is 1. The third kappa shape index (κ3) is 5.15. The lowest BCUT2D eigenvalue weighted by Gasteiger charge is -2.31. The van der Waals surface area contributed by atoms with E-state index in [4.69, 9.17) is 8.94 Å². The van der Waals surface area contributed by atoms with Crippen molar-refractivity contribution >= 4 is 28.1 Å². The first-order chi connectivity index (χ1) is 16.3. The molecule has 1 atom stereocenters. The Morgan fingerprint density at radius 1 is 1.24 bits per heavy atom. The molecule has 0 bridgehead atoms. The second-order valence-electron chi connectivity index (χ2n) is 8.65. The summed E-state index contributed by atoms with van der Waals surface area (Å²) in [6.07, 6.45) is 6.24. The molecule has 0 unspecified atom stereocenters. The van der Waals surface area contributed by atoms with Crippen molar-refractivity contribution in [2.24, 2.45) is 5.92 Å². The lowest BCUT2D eigenvalue weighted by Crippen LogP contribution is -2.45. The highest BCUT2D eigenvalue weighted by molar-refractivity contribution is 7.89. The van der Waals surface area contributed by atoms with Gasteiger partial charge in [-0.05, 0) is 62.9 Å². The highest BCUT2D eigenvalue weighted by Gasteiger charge is 2.36. The average molecular weight is 484 g/mol. The number of furan rings is 1. The summed E-state index contributed by atoms with van der Waals surface area (Å²) >= 11 is 0. The van der Waals surface area contributed by atoms with Crippen LogP contribution in [0.3, 0.4) is 0 Å². The Morgan fingerprint density at radius 2 is 2.06 bits per heavy atom. The topological polar surface area (TPSA) is 106 Å². The molecule has 1 fully saturated rings. The van der Waals surface area contributed by atoms with E-state index in [1.165, 1.54) is 4.31 Å². The van der Waals surface area contributed by atoms with Crippen LogP contribution in [0.4, 0.5) is 0 Å². The number of aromatic nitrogens is 1. The van der Waals surface area contributed by atoms with Gasteiger partial charge in [0, 0.05) is 13.1 Å². The zero-order chi connectivity index (χ0) is 24.3. The van der Waals surface area contributed by atoms with Crippen LogP contribution >= 0.6 is 0 Å². The van der Waals surface area contributed by atoms with Gasteiger partial charge < -0.3 is 14.3 Å². The van der Waals surface area contributed by atoms with Gasteiger partial charge in [0.25, 0.3) is 0 Å². The molecular formula is C25H29N3O5S. The molecule has 3 aromatic rings. The molecule has 4 rings (SSSR count). The van der Waals surface area contributed by atoms with E-state index in [1.807, 2.05) is 38.1 Å². The van der Waals surface area contributed by atoms with Crippen LogP contribution in [0.2, 0.25) is 0 Å². The van der Waals surface area contributed by atoms with Gasteiger partial charge in [0.1, 0.15) is 11.5 Å². The second-order valence-corrected chi connectivity index (χ2v) is 10.5. The molecule has 0 saturated carbocycles. The van der Waals surface area contributed by atoms with Crippen LogP contribution in [-0.2, 0) is 21.4 Å². The van der Waals surface area contributed by atoms with Crippen molar-refractivity contribution < 1.29 is 22.2 Å². The predicted octanol–water partition coefficient (Wildman–Crippen LogP) is 4.08. The summed E-state index contributed by atoms with van der Waals surface area (Å²) in [5, 5.41) is 6.76. The molecule has 0 radical (unpaired) electrons. The summed E-state index contributed by atoms with van der Waals surface area (Å²) in [6, 6.07) is 9.60. The minimum atomic E-state index is -3.90. The van der Waals surface area contributed by atoms with E-state index >= 15 is 0 Å². The van der Waals surface area contributed by atoms with Gasteiger partial charge in [-0.3, -0.25) is 4.79 Å². The van der Waals surface area contributed by atoms with E-state index < -0.39 is 15.9 Å². The third-order valence-corrected chi connectivity index (χ3v) is 8.08. The third-order valence-electron chi connectivity index (χ3n) is 6.05. The fourth-order valence-electron chi connectivity index (χ4n) is 4.14. The van der Waals surface area contributed by atoms with E-state index in [2.05, 4.69) is 10.5 Å². The van der Waals surface area contributed by atoms with Crippen LogP contribution in [-0.4, -0.2) is 36.9 Å². The fourth-order valence-corrected chi connectivity index (χ4v) is 5.91. The number of nitrogens with zero attached hydrogens (tertiary/aromatic N) is 2. The normalized spacial score (nSPS) is 17.3. The van der Waals surface area contributed by atoms with Crippen LogP contribution in [0.1, 0.15) is 46.7 Å². The number of sulfonamides is 1. The van der Waals surface area contributed by atoms with E-state index in [1.54, 1.807) is 31.4 Å². The van der Waals surface area contributed by atoms with E-state index in [9.17, 15) is 13.2 Å². The molecule has 1 aromatic carbocycles. The molecule has 0 aliphatic carbocycles. The minimum Gasteiger partial charge on any atom is -0.467 e. The number of piperidine rings is 1. The van der Waals surface area contributed by atoms with Crippen molar-refractivity contribution in [2.75, 3.05) is 13.1 Å². The number of aryl methyl sites for hydroxylation is 3. The first-order valence-corrected chi connectivity index (χ1v) is 12.7. The number of amides is 1. The van der Waals surface area contributed by atoms with E-state index in [0.717, 1.165) is 16.7 Å². The highest BCUT2D eigenvalue weighted by Crippen LogP contribution is 2.29. The first kappa shape index (κ1) is 24.0. The minimum absolute atomic E-state index is 0.0469. The molecule has 8 nitrogen and oxygen atoms in total. The Bertz CT molecular complexity index is 1290. The van der Waals surface area contributed by atoms with Gasteiger partial charge in [-0.25, -0.2) is 8.42 Å². The zero-order valence-corrected chi connectivity index (χ0v) is 20.4. The molecule has 0 spiro atoms. The lowest BCUT2D eigenvalue weighted by molar-refractivity contribution is -0.126. The van der Waals surface area contributed by atoms with Crippen LogP contribution in [0, 0.1) is 26.7 Å². The molecule has 1 aliphatic heterocycles. The number of carbonyl (C=O) groups excluding carboxylic acids is 1. The van der Waals surface area contributed by atoms with Gasteiger partial charge in [0.15, 0.2) is 10.7 Å². The molecule has 9 heteroatoms. The monoisotopic (exact) mass is 483 g/mol. The van der Waals surface area contributed by atoms with Gasteiger partial charge in [0.2, 0.25) is 15.9 Å². The second kappa shape index (κ2) is 9.99. The maximum absolute atomic E-state index is 13.6. The molecule has 34 heavy (non-hydrogen) atoms. The van der Waals surface area contributed by atoms with Crippen molar-refractivity contribution in [3.05, 3.63) is 70.5 Å². The van der Waals surface area contributed by atoms with Crippen LogP contribution < -0.4 is 5.32 Å². The van der Waals surface area contributed by atoms with Crippen molar-refractivity contribution in [2.45, 2.75) is 45.1 Å².